The highest BCUT2D eigenvalue weighted by Gasteiger charge is 2.31. The van der Waals surface area contributed by atoms with Crippen LogP contribution in [0.5, 0.6) is 17.2 Å². The van der Waals surface area contributed by atoms with Crippen LogP contribution in [0.4, 0.5) is 13.2 Å². The lowest BCUT2D eigenvalue weighted by Gasteiger charge is -2.26. The normalized spacial score (nSPS) is 11.8. The summed E-state index contributed by atoms with van der Waals surface area (Å²) in [5.74, 6) is 0.982. The van der Waals surface area contributed by atoms with Crippen molar-refractivity contribution >= 4 is 53.9 Å². The molecule has 3 N–H and O–H groups in total. The number of benzene rings is 10. The van der Waals surface area contributed by atoms with Gasteiger partial charge in [-0.05, 0) is 232 Å². The fraction of sp³-hybridized carbons (Fsp3) is 0.380. The molecule has 5 aromatic heterocycles. The number of ether oxygens (including phenoxy) is 3. The third-order valence-corrected chi connectivity index (χ3v) is 25.9. The van der Waals surface area contributed by atoms with Crippen LogP contribution in [-0.4, -0.2) is 59.5 Å². The Hall–Kier alpha value is -12.7. The van der Waals surface area contributed by atoms with Gasteiger partial charge in [0.25, 0.3) is 27.8 Å². The summed E-state index contributed by atoms with van der Waals surface area (Å²) in [6, 6.07) is 58.5. The molecule has 5 heterocycles. The fourth-order valence-corrected chi connectivity index (χ4v) is 18.8. The standard InChI is InChI=1S/2C25H31NO3.C24H28FNO2.C24H29NO2.C23H25F2NO/c1-6-7-12-26-15-21(18-10-8-9-11-19(18)24(26)28)20-14-23(29-5)22(25(2,3)4)13-17(20)16-27;1-6-7-12-26-15-21(19-10-8-9-11-20(19)24(26)28)17-13-18(16-27)23(25(2,3)4)22(14-17)29-5;1-5-6-11-26-14-20(18-9-7-8-10-19(18)23(26)28)16-12-17(15-27)22(21(25)13-16)24(2,3)4;1-6-7-14-25-16-20(18-10-8-9-11-19(18)23(25)26)17-12-13-21(24(2,3)4)22(15-17)27-5;1-5-6-11-26-14-18(16-9-7-8-10-17(16)22(26)27)15-12-19(24)21(20(25)13-15)23(2,3)4/h2*8-11,13-15,27H,6-7,12,16H2,1-5H3;7-10,12-14,27H,5-6,11,15H2,1-4H3;8-13,15-16H,6-7,14H2,1-5H3;7-10,12-14H,5-6,11H2,1-4H3. The number of halogens is 3. The maximum absolute atomic E-state index is 15.1. The summed E-state index contributed by atoms with van der Waals surface area (Å²) in [6.07, 6.45) is 19.1. The van der Waals surface area contributed by atoms with E-state index in [-0.39, 0.29) is 75.2 Å². The van der Waals surface area contributed by atoms with Crippen molar-refractivity contribution in [2.45, 2.75) is 282 Å². The molecule has 0 atom stereocenters. The van der Waals surface area contributed by atoms with Crippen molar-refractivity contribution in [3.05, 3.63) is 333 Å². The molecule has 19 heteroatoms. The fourth-order valence-electron chi connectivity index (χ4n) is 18.8. The molecule has 0 unspecified atom stereocenters. The number of unbranched alkanes of at least 4 members (excludes halogenated alkanes) is 5. The maximum Gasteiger partial charge on any atom is 0.258 e. The molecule has 0 spiro atoms. The number of nitrogens with zero attached hydrogens (tertiary/aromatic N) is 5. The van der Waals surface area contributed by atoms with Crippen LogP contribution in [0.1, 0.15) is 247 Å². The number of aliphatic hydroxyl groups is 3. The molecule has 0 amide bonds. The second-order valence-corrected chi connectivity index (χ2v) is 41.6. The molecule has 0 saturated heterocycles. The minimum absolute atomic E-state index is 0.00581. The lowest BCUT2D eigenvalue weighted by atomic mass is 9.81. The average Bonchev–Trinajstić information content (AvgIpc) is 0.773. The Morgan fingerprint density at radius 3 is 0.807 bits per heavy atom. The van der Waals surface area contributed by atoms with Crippen molar-refractivity contribution < 1.29 is 42.7 Å². The lowest BCUT2D eigenvalue weighted by molar-refractivity contribution is 0.276. The summed E-state index contributed by atoms with van der Waals surface area (Å²) in [5, 5.41) is 37.8. The summed E-state index contributed by atoms with van der Waals surface area (Å²) >= 11 is 0. The van der Waals surface area contributed by atoms with Crippen LogP contribution in [0.15, 0.2) is 243 Å². The molecular formula is C121H144F3N5O11. The van der Waals surface area contributed by atoms with Crippen molar-refractivity contribution in [1.82, 2.24) is 22.8 Å². The van der Waals surface area contributed by atoms with Crippen LogP contribution in [0, 0.1) is 17.5 Å². The van der Waals surface area contributed by atoms with E-state index < -0.39 is 22.5 Å². The number of aromatic nitrogens is 5. The first-order chi connectivity index (χ1) is 66.5. The van der Waals surface area contributed by atoms with Gasteiger partial charge in [-0.1, -0.05) is 274 Å². The van der Waals surface area contributed by atoms with Gasteiger partial charge in [0.1, 0.15) is 34.7 Å². The van der Waals surface area contributed by atoms with E-state index >= 15 is 4.39 Å². The Labute approximate surface area is 823 Å². The Morgan fingerprint density at radius 2 is 0.514 bits per heavy atom. The lowest BCUT2D eigenvalue weighted by Crippen LogP contribution is -2.20. The molecule has 15 rings (SSSR count). The summed E-state index contributed by atoms with van der Waals surface area (Å²) in [5.41, 5.74) is 13.4. The van der Waals surface area contributed by atoms with E-state index in [0.29, 0.717) is 80.9 Å². The molecule has 15 aromatic rings. The van der Waals surface area contributed by atoms with Gasteiger partial charge < -0.3 is 52.4 Å². The number of pyridine rings is 5. The molecular weight excluding hydrogens is 1760 g/mol. The van der Waals surface area contributed by atoms with E-state index in [1.807, 2.05) is 200 Å². The first kappa shape index (κ1) is 108. The SMILES string of the molecule is CCCCn1cc(-c2cc(CO)c(C(C)(C)C)c(OC)c2)c2ccccc2c1=O.CCCCn1cc(-c2cc(F)c(C(C)(C)C)c(CO)c2)c2ccccc2c1=O.CCCCn1cc(-c2cc(F)c(C(C)(C)C)c(F)c2)c2ccccc2c1=O.CCCCn1cc(-c2cc(OC)c(C(C)(C)C)cc2CO)c2ccccc2c1=O.CCCCn1cc(-c2ccc(C(C)(C)C)c(OC)c2)c2ccccc2c1=O. The van der Waals surface area contributed by atoms with Crippen LogP contribution in [0.25, 0.3) is 109 Å². The van der Waals surface area contributed by atoms with E-state index in [2.05, 4.69) is 115 Å². The highest BCUT2D eigenvalue weighted by molar-refractivity contribution is 6.00. The Kier molecular flexibility index (Phi) is 35.9. The Bertz CT molecular complexity index is 7210. The zero-order valence-electron chi connectivity index (χ0n) is 86.5. The number of aliphatic hydroxyl groups excluding tert-OH is 3. The molecule has 0 aliphatic rings. The van der Waals surface area contributed by atoms with Gasteiger partial charge in [-0.15, -0.1) is 0 Å². The van der Waals surface area contributed by atoms with Gasteiger partial charge in [0.15, 0.2) is 0 Å². The maximum atomic E-state index is 15.1. The quantitative estimate of drug-likeness (QED) is 0.0466. The topological polar surface area (TPSA) is 198 Å². The molecule has 740 valence electrons. The van der Waals surface area contributed by atoms with Crippen molar-refractivity contribution in [2.75, 3.05) is 21.3 Å². The minimum Gasteiger partial charge on any atom is -0.496 e. The van der Waals surface area contributed by atoms with Gasteiger partial charge in [0, 0.05) is 130 Å². The molecule has 0 bridgehead atoms. The number of rotatable bonds is 26. The summed E-state index contributed by atoms with van der Waals surface area (Å²) in [4.78, 5) is 64.4. The predicted molar refractivity (Wildman–Crippen MR) is 574 cm³/mol. The third-order valence-electron chi connectivity index (χ3n) is 25.9. The molecule has 16 nitrogen and oxygen atoms in total. The first-order valence-electron chi connectivity index (χ1n) is 49.4. The zero-order chi connectivity index (χ0) is 102. The first-order valence-corrected chi connectivity index (χ1v) is 49.4. The zero-order valence-corrected chi connectivity index (χ0v) is 86.5. The van der Waals surface area contributed by atoms with E-state index in [1.165, 1.54) is 23.8 Å². The van der Waals surface area contributed by atoms with Crippen LogP contribution >= 0.6 is 0 Å². The highest BCUT2D eigenvalue weighted by Crippen LogP contribution is 2.45. The third kappa shape index (κ3) is 24.5. The van der Waals surface area contributed by atoms with E-state index in [4.69, 9.17) is 14.2 Å². The number of hydrogen-bond acceptors (Lipinski definition) is 11. The Balaban J connectivity index is 0.000000167. The van der Waals surface area contributed by atoms with Gasteiger partial charge >= 0.3 is 0 Å². The van der Waals surface area contributed by atoms with Crippen molar-refractivity contribution in [2.24, 2.45) is 0 Å². The molecule has 0 saturated carbocycles. The minimum atomic E-state index is -0.630. The number of fused-ring (bicyclic) bond motifs is 5. The molecule has 0 radical (unpaired) electrons. The van der Waals surface area contributed by atoms with Crippen molar-refractivity contribution in [3.8, 4) is 72.9 Å². The van der Waals surface area contributed by atoms with Gasteiger partial charge in [0.2, 0.25) is 0 Å². The molecule has 0 aliphatic carbocycles. The predicted octanol–water partition coefficient (Wildman–Crippen LogP) is 27.8. The summed E-state index contributed by atoms with van der Waals surface area (Å²) in [6.45, 7) is 43.9. The summed E-state index contributed by atoms with van der Waals surface area (Å²) < 4.78 is 70.6. The number of aryl methyl sites for hydroxylation is 5. The molecule has 140 heavy (non-hydrogen) atoms. The van der Waals surface area contributed by atoms with Gasteiger partial charge in [-0.3, -0.25) is 24.0 Å². The van der Waals surface area contributed by atoms with Gasteiger partial charge in [-0.25, -0.2) is 13.2 Å². The molecule has 0 aliphatic heterocycles. The van der Waals surface area contributed by atoms with E-state index in [1.54, 1.807) is 68.1 Å². The van der Waals surface area contributed by atoms with Crippen LogP contribution in [0.2, 0.25) is 0 Å². The smallest absolute Gasteiger partial charge is 0.258 e. The molecule has 0 fully saturated rings. The largest absolute Gasteiger partial charge is 0.496 e. The highest BCUT2D eigenvalue weighted by atomic mass is 19.1. The molecule has 10 aromatic carbocycles. The summed E-state index contributed by atoms with van der Waals surface area (Å²) in [7, 11) is 5.05. The van der Waals surface area contributed by atoms with Crippen LogP contribution < -0.4 is 42.0 Å². The monoisotopic (exact) mass is 1900 g/mol. The number of methoxy groups -OCH3 is 3. The van der Waals surface area contributed by atoms with E-state index in [9.17, 15) is 48.1 Å². The van der Waals surface area contributed by atoms with Crippen LogP contribution in [0.3, 0.4) is 0 Å². The van der Waals surface area contributed by atoms with Gasteiger partial charge in [0.05, 0.1) is 41.2 Å². The van der Waals surface area contributed by atoms with Crippen molar-refractivity contribution in [3.63, 3.8) is 0 Å². The van der Waals surface area contributed by atoms with Crippen LogP contribution in [-0.2, 0) is 79.6 Å². The average molecular weight is 1900 g/mol. The van der Waals surface area contributed by atoms with E-state index in [0.717, 1.165) is 176 Å². The number of hydrogen-bond donors (Lipinski definition) is 3. The van der Waals surface area contributed by atoms with Gasteiger partial charge in [-0.2, -0.15) is 0 Å². The Morgan fingerprint density at radius 1 is 0.257 bits per heavy atom. The second-order valence-electron chi connectivity index (χ2n) is 41.6. The second kappa shape index (κ2) is 46.6. The van der Waals surface area contributed by atoms with Crippen molar-refractivity contribution in [1.29, 1.82) is 0 Å².